The highest BCUT2D eigenvalue weighted by atomic mass is 16.6. The maximum absolute atomic E-state index is 10.8. The van der Waals surface area contributed by atoms with Gasteiger partial charge >= 0.3 is 0 Å². The number of non-ortho nitro benzene ring substituents is 1. The lowest BCUT2D eigenvalue weighted by molar-refractivity contribution is -0.384. The molecule has 1 saturated carbocycles. The van der Waals surface area contributed by atoms with Gasteiger partial charge in [0.1, 0.15) is 5.75 Å². The summed E-state index contributed by atoms with van der Waals surface area (Å²) in [7, 11) is 0. The molecule has 5 nitrogen and oxygen atoms in total. The van der Waals surface area contributed by atoms with Gasteiger partial charge < -0.3 is 10.1 Å². The van der Waals surface area contributed by atoms with Crippen LogP contribution in [0.5, 0.6) is 5.75 Å². The second kappa shape index (κ2) is 6.52. The van der Waals surface area contributed by atoms with E-state index in [1.807, 2.05) is 0 Å². The molecule has 0 spiro atoms. The Balaban J connectivity index is 2.06. The molecule has 0 saturated heterocycles. The van der Waals surface area contributed by atoms with Crippen molar-refractivity contribution in [3.8, 4) is 5.75 Å². The second-order valence-electron chi connectivity index (χ2n) is 4.98. The Labute approximate surface area is 113 Å². The van der Waals surface area contributed by atoms with Crippen molar-refractivity contribution in [2.75, 3.05) is 13.2 Å². The molecule has 1 aromatic rings. The summed E-state index contributed by atoms with van der Waals surface area (Å²) in [6, 6.07) is 4.82. The fourth-order valence-electron chi connectivity index (χ4n) is 1.85. The van der Waals surface area contributed by atoms with E-state index in [2.05, 4.69) is 12.2 Å². The van der Waals surface area contributed by atoms with Gasteiger partial charge in [0.25, 0.3) is 5.69 Å². The molecule has 1 N–H and O–H groups in total. The maximum Gasteiger partial charge on any atom is 0.270 e. The highest BCUT2D eigenvalue weighted by Crippen LogP contribution is 2.31. The van der Waals surface area contributed by atoms with E-state index in [0.29, 0.717) is 12.5 Å². The molecule has 0 aromatic heterocycles. The van der Waals surface area contributed by atoms with Crippen molar-refractivity contribution >= 4 is 5.69 Å². The molecule has 1 aliphatic rings. The molecule has 0 aliphatic heterocycles. The Morgan fingerprint density at radius 2 is 2.26 bits per heavy atom. The topological polar surface area (TPSA) is 64.4 Å². The molecule has 104 valence electrons. The largest absolute Gasteiger partial charge is 0.493 e. The second-order valence-corrected chi connectivity index (χ2v) is 4.98. The van der Waals surface area contributed by atoms with Crippen LogP contribution in [-0.2, 0) is 6.54 Å². The van der Waals surface area contributed by atoms with Crippen molar-refractivity contribution in [3.05, 3.63) is 33.9 Å². The van der Waals surface area contributed by atoms with Gasteiger partial charge in [-0.1, -0.05) is 6.92 Å². The summed E-state index contributed by atoms with van der Waals surface area (Å²) in [5.41, 5.74) is 0.982. The van der Waals surface area contributed by atoms with E-state index in [0.717, 1.165) is 30.9 Å². The van der Waals surface area contributed by atoms with Gasteiger partial charge in [-0.2, -0.15) is 0 Å². The summed E-state index contributed by atoms with van der Waals surface area (Å²) in [6.07, 6.45) is 3.50. The quantitative estimate of drug-likeness (QED) is 0.445. The fraction of sp³-hybridized carbons (Fsp3) is 0.571. The van der Waals surface area contributed by atoms with E-state index in [4.69, 9.17) is 4.74 Å². The third kappa shape index (κ3) is 4.21. The van der Waals surface area contributed by atoms with Gasteiger partial charge in [0.05, 0.1) is 11.5 Å². The molecule has 19 heavy (non-hydrogen) atoms. The van der Waals surface area contributed by atoms with Crippen LogP contribution in [0.2, 0.25) is 0 Å². The van der Waals surface area contributed by atoms with Crippen LogP contribution in [0.4, 0.5) is 5.69 Å². The molecule has 0 atom stereocenters. The van der Waals surface area contributed by atoms with E-state index in [9.17, 15) is 10.1 Å². The standard InChI is InChI=1S/C14H20N2O3/c1-2-7-15-9-12-8-13(16(17)18)5-6-14(12)19-10-11-3-4-11/h5-6,8,11,15H,2-4,7,9-10H2,1H3. The van der Waals surface area contributed by atoms with Crippen molar-refractivity contribution < 1.29 is 9.66 Å². The average molecular weight is 264 g/mol. The highest BCUT2D eigenvalue weighted by molar-refractivity contribution is 5.43. The van der Waals surface area contributed by atoms with Crippen LogP contribution >= 0.6 is 0 Å². The predicted octanol–water partition coefficient (Wildman–Crippen LogP) is 2.88. The van der Waals surface area contributed by atoms with Gasteiger partial charge in [0, 0.05) is 24.2 Å². The molecule has 1 aliphatic carbocycles. The predicted molar refractivity (Wildman–Crippen MR) is 73.3 cm³/mol. The third-order valence-electron chi connectivity index (χ3n) is 3.17. The van der Waals surface area contributed by atoms with Gasteiger partial charge in [-0.25, -0.2) is 0 Å². The first-order chi connectivity index (χ1) is 9.20. The zero-order chi connectivity index (χ0) is 13.7. The number of nitrogens with one attached hydrogen (secondary N) is 1. The van der Waals surface area contributed by atoms with Gasteiger partial charge in [-0.3, -0.25) is 10.1 Å². The number of hydrogen-bond acceptors (Lipinski definition) is 4. The zero-order valence-corrected chi connectivity index (χ0v) is 11.2. The Morgan fingerprint density at radius 1 is 1.47 bits per heavy atom. The van der Waals surface area contributed by atoms with Crippen molar-refractivity contribution in [1.82, 2.24) is 5.32 Å². The van der Waals surface area contributed by atoms with Gasteiger partial charge in [0.2, 0.25) is 0 Å². The lowest BCUT2D eigenvalue weighted by Gasteiger charge is -2.11. The van der Waals surface area contributed by atoms with Crippen LogP contribution in [0.1, 0.15) is 31.7 Å². The van der Waals surface area contributed by atoms with Crippen LogP contribution in [0.3, 0.4) is 0 Å². The minimum absolute atomic E-state index is 0.118. The van der Waals surface area contributed by atoms with Crippen LogP contribution in [0.15, 0.2) is 18.2 Å². The van der Waals surface area contributed by atoms with Crippen molar-refractivity contribution in [1.29, 1.82) is 0 Å². The summed E-state index contributed by atoms with van der Waals surface area (Å²) in [5, 5.41) is 14.1. The number of ether oxygens (including phenoxy) is 1. The molecule has 2 rings (SSSR count). The number of hydrogen-bond donors (Lipinski definition) is 1. The van der Waals surface area contributed by atoms with Crippen LogP contribution in [-0.4, -0.2) is 18.1 Å². The first-order valence-corrected chi connectivity index (χ1v) is 6.81. The minimum atomic E-state index is -0.367. The number of nitrogens with zero attached hydrogens (tertiary/aromatic N) is 1. The van der Waals surface area contributed by atoms with Gasteiger partial charge in [0.15, 0.2) is 0 Å². The normalized spacial score (nSPS) is 14.4. The molecule has 0 amide bonds. The molecule has 1 fully saturated rings. The lowest BCUT2D eigenvalue weighted by atomic mass is 10.1. The number of nitro benzene ring substituents is 1. The lowest BCUT2D eigenvalue weighted by Crippen LogP contribution is -2.15. The first kappa shape index (κ1) is 13.8. The Hall–Kier alpha value is -1.62. The molecule has 5 heteroatoms. The van der Waals surface area contributed by atoms with Crippen LogP contribution in [0.25, 0.3) is 0 Å². The smallest absolute Gasteiger partial charge is 0.270 e. The van der Waals surface area contributed by atoms with E-state index < -0.39 is 0 Å². The monoisotopic (exact) mass is 264 g/mol. The van der Waals surface area contributed by atoms with Crippen LogP contribution in [0, 0.1) is 16.0 Å². The van der Waals surface area contributed by atoms with Gasteiger partial charge in [-0.05, 0) is 37.8 Å². The number of rotatable bonds is 8. The molecule has 0 radical (unpaired) electrons. The van der Waals surface area contributed by atoms with Crippen molar-refractivity contribution in [2.24, 2.45) is 5.92 Å². The molecule has 1 aromatic carbocycles. The summed E-state index contributed by atoms with van der Waals surface area (Å²) < 4.78 is 5.76. The minimum Gasteiger partial charge on any atom is -0.493 e. The van der Waals surface area contributed by atoms with Crippen molar-refractivity contribution in [3.63, 3.8) is 0 Å². The SMILES string of the molecule is CCCNCc1cc([N+](=O)[O-])ccc1OCC1CC1. The summed E-state index contributed by atoms with van der Waals surface area (Å²) in [4.78, 5) is 10.4. The highest BCUT2D eigenvalue weighted by Gasteiger charge is 2.22. The number of nitro groups is 1. The molecule has 0 unspecified atom stereocenters. The van der Waals surface area contributed by atoms with Crippen molar-refractivity contribution in [2.45, 2.75) is 32.7 Å². The molecular weight excluding hydrogens is 244 g/mol. The average Bonchev–Trinajstić information content (AvgIpc) is 3.21. The summed E-state index contributed by atoms with van der Waals surface area (Å²) in [6.45, 7) is 4.31. The zero-order valence-electron chi connectivity index (χ0n) is 11.2. The van der Waals surface area contributed by atoms with E-state index >= 15 is 0 Å². The summed E-state index contributed by atoms with van der Waals surface area (Å²) in [5.74, 6) is 1.44. The van der Waals surface area contributed by atoms with Crippen LogP contribution < -0.4 is 10.1 Å². The Bertz CT molecular complexity index is 444. The van der Waals surface area contributed by atoms with Gasteiger partial charge in [-0.15, -0.1) is 0 Å². The molecular formula is C14H20N2O3. The summed E-state index contributed by atoms with van der Waals surface area (Å²) >= 11 is 0. The fourth-order valence-corrected chi connectivity index (χ4v) is 1.85. The van der Waals surface area contributed by atoms with E-state index in [-0.39, 0.29) is 10.6 Å². The molecule has 0 bridgehead atoms. The third-order valence-corrected chi connectivity index (χ3v) is 3.17. The first-order valence-electron chi connectivity index (χ1n) is 6.81. The van der Waals surface area contributed by atoms with E-state index in [1.54, 1.807) is 12.1 Å². The Morgan fingerprint density at radius 3 is 2.89 bits per heavy atom. The Kier molecular flexibility index (Phi) is 4.74. The maximum atomic E-state index is 10.8. The van der Waals surface area contributed by atoms with E-state index in [1.165, 1.54) is 18.9 Å². The number of benzene rings is 1. The molecule has 0 heterocycles.